The molecule has 2 heteroatoms. The molecule has 98 valence electrons. The summed E-state index contributed by atoms with van der Waals surface area (Å²) in [6.07, 6.45) is 8.10. The van der Waals surface area contributed by atoms with Crippen molar-refractivity contribution >= 4 is 0 Å². The summed E-state index contributed by atoms with van der Waals surface area (Å²) in [4.78, 5) is 2.13. The van der Waals surface area contributed by atoms with Gasteiger partial charge in [0.1, 0.15) is 0 Å². The lowest BCUT2D eigenvalue weighted by Gasteiger charge is -2.27. The fraction of sp³-hybridized carbons (Fsp3) is 0.867. The zero-order valence-electron chi connectivity index (χ0n) is 11.8. The molecule has 17 heavy (non-hydrogen) atoms. The van der Waals surface area contributed by atoms with Crippen LogP contribution in [0.25, 0.3) is 0 Å². The number of hydrogen-bond acceptors (Lipinski definition) is 2. The third-order valence-electron chi connectivity index (χ3n) is 3.68. The molecule has 0 aromatic carbocycles. The minimum absolute atomic E-state index is 0.871. The Morgan fingerprint density at radius 1 is 1.06 bits per heavy atom. The van der Waals surface area contributed by atoms with Crippen LogP contribution in [0.4, 0.5) is 0 Å². The summed E-state index contributed by atoms with van der Waals surface area (Å²) in [5.74, 6) is 8.42. The average Bonchev–Trinajstić information content (AvgIpc) is 2.33. The third kappa shape index (κ3) is 6.71. The Hall–Kier alpha value is -0.520. The molecular weight excluding hydrogens is 208 g/mol. The fourth-order valence-electron chi connectivity index (χ4n) is 2.50. The molecule has 1 fully saturated rings. The van der Waals surface area contributed by atoms with Gasteiger partial charge < -0.3 is 5.32 Å². The molecule has 1 rings (SSSR count). The first-order valence-electron chi connectivity index (χ1n) is 6.97. The summed E-state index contributed by atoms with van der Waals surface area (Å²) in [5.41, 5.74) is 0. The third-order valence-corrected chi connectivity index (χ3v) is 3.68. The van der Waals surface area contributed by atoms with Crippen LogP contribution in [-0.2, 0) is 0 Å². The lowest BCUT2D eigenvalue weighted by Crippen LogP contribution is -2.19. The molecule has 2 nitrogen and oxygen atoms in total. The standard InChI is InChI=1S/C15H28N2/c1-16-12-11-15-9-7-14(8-10-15)6-4-5-13-17(2)3/h14-16H,6-13H2,1-3H3. The van der Waals surface area contributed by atoms with Crippen LogP contribution in [0.2, 0.25) is 0 Å². The Bertz CT molecular complexity index is 241. The van der Waals surface area contributed by atoms with Gasteiger partial charge in [-0.2, -0.15) is 0 Å². The van der Waals surface area contributed by atoms with E-state index in [-0.39, 0.29) is 0 Å². The van der Waals surface area contributed by atoms with Gasteiger partial charge in [0.25, 0.3) is 0 Å². The molecule has 0 aromatic heterocycles. The van der Waals surface area contributed by atoms with Gasteiger partial charge in [-0.3, -0.25) is 4.90 Å². The Morgan fingerprint density at radius 3 is 2.29 bits per heavy atom. The van der Waals surface area contributed by atoms with Gasteiger partial charge >= 0.3 is 0 Å². The summed E-state index contributed by atoms with van der Waals surface area (Å²) >= 11 is 0. The fourth-order valence-corrected chi connectivity index (χ4v) is 2.50. The molecule has 1 aliphatic carbocycles. The molecule has 0 atom stereocenters. The van der Waals surface area contributed by atoms with Crippen LogP contribution in [0.15, 0.2) is 0 Å². The van der Waals surface area contributed by atoms with E-state index < -0.39 is 0 Å². The highest BCUT2D eigenvalue weighted by atomic mass is 15.0. The van der Waals surface area contributed by atoms with E-state index in [0.29, 0.717) is 0 Å². The van der Waals surface area contributed by atoms with E-state index in [1.165, 1.54) is 38.6 Å². The minimum Gasteiger partial charge on any atom is -0.320 e. The zero-order chi connectivity index (χ0) is 12.5. The van der Waals surface area contributed by atoms with E-state index in [1.54, 1.807) is 0 Å². The molecule has 0 aromatic rings. The van der Waals surface area contributed by atoms with Crippen LogP contribution in [0, 0.1) is 23.7 Å². The summed E-state index contributed by atoms with van der Waals surface area (Å²) in [6, 6.07) is 0. The minimum atomic E-state index is 0.871. The summed E-state index contributed by atoms with van der Waals surface area (Å²) < 4.78 is 0. The maximum atomic E-state index is 3.34. The van der Waals surface area contributed by atoms with Gasteiger partial charge in [0.05, 0.1) is 6.54 Å². The van der Waals surface area contributed by atoms with Crippen molar-refractivity contribution in [3.8, 4) is 11.8 Å². The van der Waals surface area contributed by atoms with Crippen LogP contribution in [0.3, 0.4) is 0 Å². The zero-order valence-corrected chi connectivity index (χ0v) is 11.8. The van der Waals surface area contributed by atoms with E-state index in [4.69, 9.17) is 0 Å². The van der Waals surface area contributed by atoms with Gasteiger partial charge in [-0.05, 0) is 58.8 Å². The molecule has 0 aliphatic heterocycles. The van der Waals surface area contributed by atoms with Gasteiger partial charge in [0.2, 0.25) is 0 Å². The second kappa shape index (κ2) is 8.55. The predicted molar refractivity (Wildman–Crippen MR) is 74.9 cm³/mol. The Labute approximate surface area is 107 Å². The lowest BCUT2D eigenvalue weighted by molar-refractivity contribution is 0.266. The largest absolute Gasteiger partial charge is 0.320 e. The van der Waals surface area contributed by atoms with Crippen molar-refractivity contribution in [3.63, 3.8) is 0 Å². The number of rotatable bonds is 5. The van der Waals surface area contributed by atoms with Crippen molar-refractivity contribution < 1.29 is 0 Å². The lowest BCUT2D eigenvalue weighted by atomic mass is 9.79. The smallest absolute Gasteiger partial charge is 0.0596 e. The maximum Gasteiger partial charge on any atom is 0.0596 e. The molecule has 0 unspecified atom stereocenters. The average molecular weight is 236 g/mol. The quantitative estimate of drug-likeness (QED) is 0.737. The Kier molecular flexibility index (Phi) is 7.32. The number of nitrogens with zero attached hydrogens (tertiary/aromatic N) is 1. The van der Waals surface area contributed by atoms with E-state index in [9.17, 15) is 0 Å². The van der Waals surface area contributed by atoms with Crippen molar-refractivity contribution in [3.05, 3.63) is 0 Å². The van der Waals surface area contributed by atoms with Crippen LogP contribution in [0.1, 0.15) is 38.5 Å². The van der Waals surface area contributed by atoms with E-state index in [0.717, 1.165) is 24.8 Å². The van der Waals surface area contributed by atoms with E-state index in [1.807, 2.05) is 7.05 Å². The van der Waals surface area contributed by atoms with Gasteiger partial charge in [0, 0.05) is 6.42 Å². The summed E-state index contributed by atoms with van der Waals surface area (Å²) in [7, 11) is 6.19. The monoisotopic (exact) mass is 236 g/mol. The molecule has 0 saturated heterocycles. The van der Waals surface area contributed by atoms with Crippen molar-refractivity contribution in [2.24, 2.45) is 11.8 Å². The molecular formula is C15H28N2. The predicted octanol–water partition coefficient (Wildman–Crippen LogP) is 2.36. The number of hydrogen-bond donors (Lipinski definition) is 1. The Morgan fingerprint density at radius 2 is 1.71 bits per heavy atom. The molecule has 0 spiro atoms. The highest BCUT2D eigenvalue weighted by Gasteiger charge is 2.19. The van der Waals surface area contributed by atoms with Gasteiger partial charge in [-0.1, -0.05) is 18.8 Å². The van der Waals surface area contributed by atoms with Crippen molar-refractivity contribution in [1.29, 1.82) is 0 Å². The first-order chi connectivity index (χ1) is 8.22. The molecule has 0 amide bonds. The van der Waals surface area contributed by atoms with Gasteiger partial charge in [-0.15, -0.1) is 5.92 Å². The maximum absolute atomic E-state index is 3.34. The van der Waals surface area contributed by atoms with E-state index >= 15 is 0 Å². The molecule has 0 heterocycles. The molecule has 0 bridgehead atoms. The highest BCUT2D eigenvalue weighted by Crippen LogP contribution is 2.31. The second-order valence-corrected chi connectivity index (χ2v) is 5.57. The van der Waals surface area contributed by atoms with Gasteiger partial charge in [0.15, 0.2) is 0 Å². The molecule has 1 saturated carbocycles. The normalized spacial score (nSPS) is 24.5. The highest BCUT2D eigenvalue weighted by molar-refractivity contribution is 5.02. The number of nitrogens with one attached hydrogen (secondary N) is 1. The van der Waals surface area contributed by atoms with Crippen LogP contribution in [0.5, 0.6) is 0 Å². The molecule has 1 N–H and O–H groups in total. The Balaban J connectivity index is 2.11. The van der Waals surface area contributed by atoms with Crippen molar-refractivity contribution in [1.82, 2.24) is 10.2 Å². The van der Waals surface area contributed by atoms with Crippen LogP contribution >= 0.6 is 0 Å². The SMILES string of the molecule is CNCCC1CCC(CC#CCN(C)C)CC1. The van der Waals surface area contributed by atoms with Crippen LogP contribution < -0.4 is 5.32 Å². The second-order valence-electron chi connectivity index (χ2n) is 5.57. The first kappa shape index (κ1) is 14.5. The molecule has 1 aliphatic rings. The topological polar surface area (TPSA) is 15.3 Å². The van der Waals surface area contributed by atoms with Crippen molar-refractivity contribution in [2.45, 2.75) is 38.5 Å². The first-order valence-corrected chi connectivity index (χ1v) is 6.97. The van der Waals surface area contributed by atoms with Crippen molar-refractivity contribution in [2.75, 3.05) is 34.2 Å². The molecule has 0 radical (unpaired) electrons. The van der Waals surface area contributed by atoms with E-state index in [2.05, 4.69) is 36.2 Å². The summed E-state index contributed by atoms with van der Waals surface area (Å²) in [5, 5.41) is 3.25. The van der Waals surface area contributed by atoms with Gasteiger partial charge in [-0.25, -0.2) is 0 Å². The summed E-state index contributed by atoms with van der Waals surface area (Å²) in [6.45, 7) is 2.08. The van der Waals surface area contributed by atoms with Crippen LogP contribution in [-0.4, -0.2) is 39.1 Å².